The molecule has 1 aliphatic rings. The maximum Gasteiger partial charge on any atom is 0.0195 e. The molecule has 0 spiro atoms. The van der Waals surface area contributed by atoms with Crippen LogP contribution in [0.1, 0.15) is 60.3 Å². The third-order valence-corrected chi connectivity index (χ3v) is 4.49. The van der Waals surface area contributed by atoms with Gasteiger partial charge in [0.05, 0.1) is 0 Å². The molecule has 18 heavy (non-hydrogen) atoms. The summed E-state index contributed by atoms with van der Waals surface area (Å²) in [7, 11) is 0. The highest BCUT2D eigenvalue weighted by Crippen LogP contribution is 2.27. The number of nitrogens with one attached hydrogen (secondary N) is 1. The molecule has 0 saturated carbocycles. The van der Waals surface area contributed by atoms with Gasteiger partial charge in [0.15, 0.2) is 0 Å². The van der Waals surface area contributed by atoms with Gasteiger partial charge in [0.25, 0.3) is 0 Å². The highest BCUT2D eigenvalue weighted by Gasteiger charge is 2.29. The predicted molar refractivity (Wildman–Crippen MR) is 81.0 cm³/mol. The Hall–Kier alpha value is -0.0800. The summed E-state index contributed by atoms with van der Waals surface area (Å²) in [4.78, 5) is 2.72. The molecule has 108 valence electrons. The van der Waals surface area contributed by atoms with Crippen molar-refractivity contribution in [2.75, 3.05) is 19.6 Å². The first kappa shape index (κ1) is 16.0. The fraction of sp³-hybridized carbons (Fsp3) is 1.00. The van der Waals surface area contributed by atoms with E-state index < -0.39 is 0 Å². The third kappa shape index (κ3) is 4.89. The quantitative estimate of drug-likeness (QED) is 0.748. The zero-order valence-corrected chi connectivity index (χ0v) is 13.2. The van der Waals surface area contributed by atoms with Crippen molar-refractivity contribution in [3.05, 3.63) is 0 Å². The first-order valence-electron chi connectivity index (χ1n) is 8.05. The summed E-state index contributed by atoms with van der Waals surface area (Å²) in [5, 5.41) is 3.73. The van der Waals surface area contributed by atoms with Crippen LogP contribution >= 0.6 is 0 Å². The number of rotatable bonds is 7. The smallest absolute Gasteiger partial charge is 0.0195 e. The molecule has 1 N–H and O–H groups in total. The molecule has 0 aromatic carbocycles. The summed E-state index contributed by atoms with van der Waals surface area (Å²) in [5.41, 5.74) is 0. The molecule has 0 radical (unpaired) electrons. The molecule has 2 nitrogen and oxygen atoms in total. The molecule has 2 heteroatoms. The molecule has 0 aliphatic carbocycles. The van der Waals surface area contributed by atoms with E-state index in [1.54, 1.807) is 0 Å². The summed E-state index contributed by atoms with van der Waals surface area (Å²) in [5.74, 6) is 1.71. The van der Waals surface area contributed by atoms with Crippen LogP contribution in [0.3, 0.4) is 0 Å². The van der Waals surface area contributed by atoms with E-state index in [1.165, 1.54) is 38.8 Å². The standard InChI is InChI=1S/C16H34N2/c1-6-8-16(17-9-7-2)12-18-11-13(3)10-14(4)15(18)5/h13-17H,6-12H2,1-5H3. The molecule has 0 aromatic heterocycles. The van der Waals surface area contributed by atoms with E-state index in [0.717, 1.165) is 24.4 Å². The lowest BCUT2D eigenvalue weighted by Crippen LogP contribution is -2.51. The first-order valence-corrected chi connectivity index (χ1v) is 8.05. The van der Waals surface area contributed by atoms with Crippen LogP contribution in [0, 0.1) is 11.8 Å². The Labute approximate surface area is 115 Å². The van der Waals surface area contributed by atoms with Crippen LogP contribution in [0.25, 0.3) is 0 Å². The van der Waals surface area contributed by atoms with Crippen molar-refractivity contribution in [1.82, 2.24) is 10.2 Å². The third-order valence-electron chi connectivity index (χ3n) is 4.49. The molecule has 1 aliphatic heterocycles. The minimum Gasteiger partial charge on any atom is -0.313 e. The second-order valence-electron chi connectivity index (χ2n) is 6.45. The topological polar surface area (TPSA) is 15.3 Å². The zero-order valence-electron chi connectivity index (χ0n) is 13.2. The van der Waals surface area contributed by atoms with Crippen LogP contribution < -0.4 is 5.32 Å². The molecule has 0 aromatic rings. The van der Waals surface area contributed by atoms with Gasteiger partial charge in [-0.2, -0.15) is 0 Å². The average molecular weight is 254 g/mol. The number of piperidine rings is 1. The van der Waals surface area contributed by atoms with Gasteiger partial charge in [0, 0.05) is 25.2 Å². The van der Waals surface area contributed by atoms with Crippen LogP contribution in [0.15, 0.2) is 0 Å². The van der Waals surface area contributed by atoms with Gasteiger partial charge >= 0.3 is 0 Å². The van der Waals surface area contributed by atoms with E-state index >= 15 is 0 Å². The molecule has 1 saturated heterocycles. The van der Waals surface area contributed by atoms with E-state index in [-0.39, 0.29) is 0 Å². The van der Waals surface area contributed by atoms with Crippen LogP contribution in [0.2, 0.25) is 0 Å². The fourth-order valence-corrected chi connectivity index (χ4v) is 3.31. The lowest BCUT2D eigenvalue weighted by molar-refractivity contribution is 0.0692. The Bertz CT molecular complexity index is 217. The SMILES string of the molecule is CCCNC(CCC)CN1CC(C)CC(C)C1C. The average Bonchev–Trinajstić information content (AvgIpc) is 2.32. The summed E-state index contributed by atoms with van der Waals surface area (Å²) in [6.07, 6.45) is 5.24. The monoisotopic (exact) mass is 254 g/mol. The highest BCUT2D eigenvalue weighted by molar-refractivity contribution is 4.84. The summed E-state index contributed by atoms with van der Waals surface area (Å²) in [6, 6.07) is 1.44. The molecule has 1 fully saturated rings. The lowest BCUT2D eigenvalue weighted by atomic mass is 9.85. The molecule has 4 atom stereocenters. The zero-order chi connectivity index (χ0) is 13.5. The predicted octanol–water partition coefficient (Wildman–Crippen LogP) is 3.52. The van der Waals surface area contributed by atoms with E-state index in [9.17, 15) is 0 Å². The van der Waals surface area contributed by atoms with Crippen molar-refractivity contribution in [3.63, 3.8) is 0 Å². The molecule has 0 amide bonds. The van der Waals surface area contributed by atoms with Gasteiger partial charge < -0.3 is 5.32 Å². The summed E-state index contributed by atoms with van der Waals surface area (Å²) >= 11 is 0. The maximum atomic E-state index is 3.73. The Morgan fingerprint density at radius 3 is 2.50 bits per heavy atom. The van der Waals surface area contributed by atoms with Gasteiger partial charge in [-0.25, -0.2) is 0 Å². The maximum absolute atomic E-state index is 3.73. The minimum absolute atomic E-state index is 0.690. The summed E-state index contributed by atoms with van der Waals surface area (Å²) < 4.78 is 0. The molecule has 1 heterocycles. The van der Waals surface area contributed by atoms with Crippen LogP contribution in [-0.4, -0.2) is 36.6 Å². The number of hydrogen-bond acceptors (Lipinski definition) is 2. The molecule has 0 bridgehead atoms. The Kier molecular flexibility index (Phi) is 7.25. The molecule has 1 rings (SSSR count). The first-order chi connectivity index (χ1) is 8.58. The number of hydrogen-bond donors (Lipinski definition) is 1. The van der Waals surface area contributed by atoms with E-state index in [2.05, 4.69) is 44.8 Å². The van der Waals surface area contributed by atoms with E-state index in [0.29, 0.717) is 6.04 Å². The molecular formula is C16H34N2. The number of likely N-dealkylation sites (tertiary alicyclic amines) is 1. The Morgan fingerprint density at radius 1 is 1.17 bits per heavy atom. The van der Waals surface area contributed by atoms with Crippen molar-refractivity contribution < 1.29 is 0 Å². The normalized spacial score (nSPS) is 31.5. The largest absolute Gasteiger partial charge is 0.313 e. The molecular weight excluding hydrogens is 220 g/mol. The molecule has 4 unspecified atom stereocenters. The van der Waals surface area contributed by atoms with E-state index in [1.807, 2.05) is 0 Å². The van der Waals surface area contributed by atoms with Gasteiger partial charge in [0.2, 0.25) is 0 Å². The highest BCUT2D eigenvalue weighted by atomic mass is 15.2. The van der Waals surface area contributed by atoms with Crippen LogP contribution in [0.5, 0.6) is 0 Å². The van der Waals surface area contributed by atoms with Gasteiger partial charge in [0.1, 0.15) is 0 Å². The second kappa shape index (κ2) is 8.16. The fourth-order valence-electron chi connectivity index (χ4n) is 3.31. The lowest BCUT2D eigenvalue weighted by Gasteiger charge is -2.42. The second-order valence-corrected chi connectivity index (χ2v) is 6.45. The van der Waals surface area contributed by atoms with Gasteiger partial charge in [-0.15, -0.1) is 0 Å². The minimum atomic E-state index is 0.690. The van der Waals surface area contributed by atoms with Crippen molar-refractivity contribution in [1.29, 1.82) is 0 Å². The van der Waals surface area contributed by atoms with Crippen LogP contribution in [0.4, 0.5) is 0 Å². The van der Waals surface area contributed by atoms with Gasteiger partial charge in [-0.3, -0.25) is 4.90 Å². The van der Waals surface area contributed by atoms with Crippen LogP contribution in [-0.2, 0) is 0 Å². The van der Waals surface area contributed by atoms with Crippen molar-refractivity contribution in [3.8, 4) is 0 Å². The number of nitrogens with zero attached hydrogens (tertiary/aromatic N) is 1. The van der Waals surface area contributed by atoms with Crippen molar-refractivity contribution >= 4 is 0 Å². The Balaban J connectivity index is 2.49. The van der Waals surface area contributed by atoms with E-state index in [4.69, 9.17) is 0 Å². The van der Waals surface area contributed by atoms with Crippen molar-refractivity contribution in [2.24, 2.45) is 11.8 Å². The van der Waals surface area contributed by atoms with Crippen molar-refractivity contribution in [2.45, 2.75) is 72.4 Å². The van der Waals surface area contributed by atoms with Gasteiger partial charge in [-0.1, -0.05) is 34.1 Å². The Morgan fingerprint density at radius 2 is 1.89 bits per heavy atom. The van der Waals surface area contributed by atoms with Gasteiger partial charge in [-0.05, 0) is 44.6 Å². The summed E-state index contributed by atoms with van der Waals surface area (Å²) in [6.45, 7) is 15.5.